The summed E-state index contributed by atoms with van der Waals surface area (Å²) in [6.45, 7) is 8.69. The smallest absolute Gasteiger partial charge is 0.136 e. The Bertz CT molecular complexity index is 3250. The molecule has 0 aliphatic carbocycles. The fourth-order valence-corrected chi connectivity index (χ4v) is 8.54. The lowest BCUT2D eigenvalue weighted by molar-refractivity contribution is 0.474. The van der Waals surface area contributed by atoms with E-state index < -0.39 is 0 Å². The van der Waals surface area contributed by atoms with Crippen molar-refractivity contribution in [2.24, 2.45) is 0 Å². The second-order valence-corrected chi connectivity index (χ2v) is 14.7. The highest BCUT2D eigenvalue weighted by Gasteiger charge is 2.22. The Morgan fingerprint density at radius 1 is 0.431 bits per heavy atom. The maximum Gasteiger partial charge on any atom is 0.136 e. The van der Waals surface area contributed by atoms with Gasteiger partial charge in [-0.05, 0) is 119 Å². The predicted molar refractivity (Wildman–Crippen MR) is 248 cm³/mol. The molecule has 10 rings (SSSR count). The van der Waals surface area contributed by atoms with Gasteiger partial charge in [-0.15, -0.1) is 0 Å². The van der Waals surface area contributed by atoms with Crippen molar-refractivity contribution in [1.29, 1.82) is 0 Å². The maximum atomic E-state index is 10.8. The van der Waals surface area contributed by atoms with Gasteiger partial charge in [-0.2, -0.15) is 0 Å². The minimum atomic E-state index is 0.231. The van der Waals surface area contributed by atoms with E-state index in [9.17, 15) is 5.11 Å². The first-order valence-electron chi connectivity index (χ1n) is 19.5. The molecular formula is C56H38O2. The lowest BCUT2D eigenvalue weighted by Crippen LogP contribution is -1.96. The molecule has 0 aliphatic heterocycles. The highest BCUT2D eigenvalue weighted by Crippen LogP contribution is 2.47. The SMILES string of the molecule is C=Cc1c(C=C)c(-c2cccc3oc4cc(-c5ccc(O)c(/C=C/c6ccc7ccccc7c6)c5)ccc4c23)c2ccccc2c1-c1ccc(-c2ccccc2)cc1. The summed E-state index contributed by atoms with van der Waals surface area (Å²) in [6, 6.07) is 61.1. The van der Waals surface area contributed by atoms with Crippen LogP contribution in [0.5, 0.6) is 5.75 Å². The van der Waals surface area contributed by atoms with Gasteiger partial charge in [-0.25, -0.2) is 0 Å². The molecule has 1 aromatic heterocycles. The first kappa shape index (κ1) is 34.8. The van der Waals surface area contributed by atoms with Crippen LogP contribution in [-0.2, 0) is 0 Å². The zero-order valence-electron chi connectivity index (χ0n) is 31.8. The molecule has 0 bridgehead atoms. The van der Waals surface area contributed by atoms with Crippen molar-refractivity contribution in [2.75, 3.05) is 0 Å². The van der Waals surface area contributed by atoms with Crippen LogP contribution in [0.4, 0.5) is 0 Å². The highest BCUT2D eigenvalue weighted by molar-refractivity contribution is 6.19. The average Bonchev–Trinajstić information content (AvgIpc) is 3.66. The lowest BCUT2D eigenvalue weighted by Gasteiger charge is -2.20. The van der Waals surface area contributed by atoms with Crippen molar-refractivity contribution in [2.45, 2.75) is 0 Å². The third kappa shape index (κ3) is 6.00. The van der Waals surface area contributed by atoms with Gasteiger partial charge in [0.15, 0.2) is 0 Å². The Balaban J connectivity index is 1.07. The first-order valence-corrected chi connectivity index (χ1v) is 19.5. The zero-order valence-corrected chi connectivity index (χ0v) is 31.8. The number of phenolic OH excluding ortho intramolecular Hbond substituents is 1. The largest absolute Gasteiger partial charge is 0.507 e. The van der Waals surface area contributed by atoms with Gasteiger partial charge in [0.2, 0.25) is 0 Å². The van der Waals surface area contributed by atoms with Crippen molar-refractivity contribution in [3.8, 4) is 50.3 Å². The number of hydrogen-bond acceptors (Lipinski definition) is 2. The van der Waals surface area contributed by atoms with Gasteiger partial charge in [0, 0.05) is 16.3 Å². The molecule has 0 radical (unpaired) electrons. The Hall–Kier alpha value is -7.68. The number of aromatic hydroxyl groups is 1. The molecule has 0 atom stereocenters. The standard InChI is InChI=1S/C56H38O2/c1-3-45-46(4-2)55(48-18-11-10-17-47(48)54(45)40-27-25-39(26-28-40)37-13-6-5-7-14-37)50-19-12-20-52-56(50)49-31-29-43(35-53(49)58-52)42-30-32-51(57)44(34-42)24-22-36-21-23-38-15-8-9-16-41(38)33-36/h3-35,57H,1-2H2/b24-22+. The maximum absolute atomic E-state index is 10.8. The third-order valence-electron chi connectivity index (χ3n) is 11.3. The van der Waals surface area contributed by atoms with E-state index >= 15 is 0 Å². The molecule has 1 heterocycles. The van der Waals surface area contributed by atoms with Crippen LogP contribution >= 0.6 is 0 Å². The Labute approximate surface area is 337 Å². The lowest BCUT2D eigenvalue weighted by atomic mass is 9.82. The van der Waals surface area contributed by atoms with E-state index in [1.807, 2.05) is 60.7 Å². The van der Waals surface area contributed by atoms with Gasteiger partial charge in [0.1, 0.15) is 16.9 Å². The van der Waals surface area contributed by atoms with Gasteiger partial charge >= 0.3 is 0 Å². The molecule has 58 heavy (non-hydrogen) atoms. The average molecular weight is 743 g/mol. The molecular weight excluding hydrogens is 705 g/mol. The van der Waals surface area contributed by atoms with E-state index in [4.69, 9.17) is 4.42 Å². The third-order valence-corrected chi connectivity index (χ3v) is 11.3. The zero-order chi connectivity index (χ0) is 39.2. The molecule has 0 unspecified atom stereocenters. The van der Waals surface area contributed by atoms with Gasteiger partial charge in [-0.3, -0.25) is 0 Å². The highest BCUT2D eigenvalue weighted by atomic mass is 16.3. The molecule has 0 saturated carbocycles. The molecule has 10 aromatic rings. The minimum absolute atomic E-state index is 0.231. The molecule has 2 nitrogen and oxygen atoms in total. The van der Waals surface area contributed by atoms with Crippen LogP contribution in [0.15, 0.2) is 193 Å². The summed E-state index contributed by atoms with van der Waals surface area (Å²) in [4.78, 5) is 0. The molecule has 9 aromatic carbocycles. The quantitative estimate of drug-likeness (QED) is 0.157. The van der Waals surface area contributed by atoms with Crippen molar-refractivity contribution in [3.63, 3.8) is 0 Å². The summed E-state index contributed by atoms with van der Waals surface area (Å²) in [5.74, 6) is 0.231. The molecule has 0 amide bonds. The van der Waals surface area contributed by atoms with Crippen LogP contribution in [-0.4, -0.2) is 5.11 Å². The molecule has 0 spiro atoms. The first-order chi connectivity index (χ1) is 28.6. The molecule has 1 N–H and O–H groups in total. The van der Waals surface area contributed by atoms with E-state index in [0.29, 0.717) is 0 Å². The van der Waals surface area contributed by atoms with Crippen LogP contribution in [0.2, 0.25) is 0 Å². The number of benzene rings is 9. The summed E-state index contributed by atoms with van der Waals surface area (Å²) < 4.78 is 6.64. The molecule has 2 heteroatoms. The van der Waals surface area contributed by atoms with E-state index in [2.05, 4.69) is 147 Å². The van der Waals surface area contributed by atoms with Gasteiger partial charge in [0.25, 0.3) is 0 Å². The van der Waals surface area contributed by atoms with Gasteiger partial charge < -0.3 is 9.52 Å². The molecule has 0 fully saturated rings. The van der Waals surface area contributed by atoms with Crippen LogP contribution in [0.3, 0.4) is 0 Å². The number of hydrogen-bond donors (Lipinski definition) is 1. The van der Waals surface area contributed by atoms with Crippen LogP contribution in [0.1, 0.15) is 22.3 Å². The summed E-state index contributed by atoms with van der Waals surface area (Å²) in [5, 5.41) is 17.6. The fourth-order valence-electron chi connectivity index (χ4n) is 8.54. The fraction of sp³-hybridized carbons (Fsp3) is 0. The van der Waals surface area contributed by atoms with E-state index in [0.717, 1.165) is 88.3 Å². The number of rotatable bonds is 8. The van der Waals surface area contributed by atoms with Crippen molar-refractivity contribution in [3.05, 3.63) is 211 Å². The number of phenols is 1. The van der Waals surface area contributed by atoms with Gasteiger partial charge in [0.05, 0.1) is 0 Å². The molecule has 0 aliphatic rings. The van der Waals surface area contributed by atoms with Crippen molar-refractivity contribution < 1.29 is 9.52 Å². The summed E-state index contributed by atoms with van der Waals surface area (Å²) in [6.07, 6.45) is 7.95. The molecule has 274 valence electrons. The second kappa shape index (κ2) is 14.4. The summed E-state index contributed by atoms with van der Waals surface area (Å²) >= 11 is 0. The van der Waals surface area contributed by atoms with Crippen LogP contribution in [0.25, 0.3) is 112 Å². The van der Waals surface area contributed by atoms with Gasteiger partial charge in [-0.1, -0.05) is 177 Å². The normalized spacial score (nSPS) is 11.6. The number of fused-ring (bicyclic) bond motifs is 5. The predicted octanol–water partition coefficient (Wildman–Crippen LogP) is 15.7. The Kier molecular flexibility index (Phi) is 8.66. The van der Waals surface area contributed by atoms with E-state index in [1.165, 1.54) is 21.9 Å². The van der Waals surface area contributed by atoms with Crippen LogP contribution < -0.4 is 0 Å². The monoisotopic (exact) mass is 742 g/mol. The number of furan rings is 1. The van der Waals surface area contributed by atoms with Crippen LogP contribution in [0, 0.1) is 0 Å². The van der Waals surface area contributed by atoms with Crippen molar-refractivity contribution in [1.82, 2.24) is 0 Å². The molecule has 0 saturated heterocycles. The topological polar surface area (TPSA) is 33.4 Å². The minimum Gasteiger partial charge on any atom is -0.507 e. The van der Waals surface area contributed by atoms with Crippen molar-refractivity contribution >= 4 is 67.8 Å². The summed E-state index contributed by atoms with van der Waals surface area (Å²) in [5.41, 5.74) is 14.3. The van der Waals surface area contributed by atoms with E-state index in [-0.39, 0.29) is 5.75 Å². The second-order valence-electron chi connectivity index (χ2n) is 14.7. The van der Waals surface area contributed by atoms with E-state index in [1.54, 1.807) is 6.07 Å². The Morgan fingerprint density at radius 3 is 1.86 bits per heavy atom. The summed E-state index contributed by atoms with van der Waals surface area (Å²) in [7, 11) is 0. The Morgan fingerprint density at radius 2 is 1.07 bits per heavy atom.